The maximum atomic E-state index is 11.5. The molecular weight excluding hydrogens is 248 g/mol. The van der Waals surface area contributed by atoms with Crippen LogP contribution in [0.1, 0.15) is 13.3 Å². The smallest absolute Gasteiger partial charge is 0.237 e. The Morgan fingerprint density at radius 2 is 2.29 bits per heavy atom. The molecule has 14 heavy (non-hydrogen) atoms. The molecule has 2 aliphatic rings. The second-order valence-corrected chi connectivity index (χ2v) is 4.27. The van der Waals surface area contributed by atoms with Gasteiger partial charge in [0, 0.05) is 10.7 Å². The molecule has 0 aromatic rings. The Kier molecular flexibility index (Phi) is 2.19. The van der Waals surface area contributed by atoms with Gasteiger partial charge in [0.05, 0.1) is 0 Å². The third kappa shape index (κ3) is 1.48. The normalized spacial score (nSPS) is 26.4. The van der Waals surface area contributed by atoms with E-state index in [2.05, 4.69) is 21.2 Å². The van der Waals surface area contributed by atoms with Crippen LogP contribution in [0.5, 0.6) is 0 Å². The number of hydrogen-bond acceptors (Lipinski definition) is 2. The van der Waals surface area contributed by atoms with E-state index >= 15 is 0 Å². The van der Waals surface area contributed by atoms with Gasteiger partial charge in [0.1, 0.15) is 12.6 Å². The van der Waals surface area contributed by atoms with Crippen LogP contribution in [0.2, 0.25) is 0 Å². The van der Waals surface area contributed by atoms with Gasteiger partial charge < -0.3 is 5.32 Å². The van der Waals surface area contributed by atoms with Crippen LogP contribution >= 0.6 is 15.9 Å². The zero-order valence-corrected chi connectivity index (χ0v) is 9.17. The van der Waals surface area contributed by atoms with Crippen molar-refractivity contribution in [2.75, 3.05) is 0 Å². The zero-order chi connectivity index (χ0) is 10.3. The van der Waals surface area contributed by atoms with Crippen LogP contribution in [0.4, 0.5) is 0 Å². The predicted octanol–water partition coefficient (Wildman–Crippen LogP) is 0.857. The van der Waals surface area contributed by atoms with Crippen molar-refractivity contribution in [3.05, 3.63) is 22.3 Å². The average molecular weight is 257 g/mol. The summed E-state index contributed by atoms with van der Waals surface area (Å²) in [6.45, 7) is 1.90. The van der Waals surface area contributed by atoms with Crippen LogP contribution in [0.3, 0.4) is 0 Å². The molecule has 1 N–H and O–H groups in total. The number of nitrogens with one attached hydrogen (secondary N) is 1. The fraction of sp³-hybridized carbons (Fsp3) is 0.333. The number of carbonyl (C=O) groups excluding carboxylic acids is 2. The van der Waals surface area contributed by atoms with Crippen LogP contribution in [-0.2, 0) is 9.59 Å². The molecule has 0 radical (unpaired) electrons. The highest BCUT2D eigenvalue weighted by atomic mass is 79.9. The van der Waals surface area contributed by atoms with Gasteiger partial charge in [-0.25, -0.2) is 0 Å². The molecule has 4 nitrogen and oxygen atoms in total. The molecule has 0 aromatic carbocycles. The Hall–Kier alpha value is -1.10. The highest BCUT2D eigenvalue weighted by Gasteiger charge is 2.34. The lowest BCUT2D eigenvalue weighted by Crippen LogP contribution is -2.55. The summed E-state index contributed by atoms with van der Waals surface area (Å²) < 4.78 is 0.805. The molecule has 2 aliphatic heterocycles. The van der Waals surface area contributed by atoms with Gasteiger partial charge in [-0.2, -0.15) is 0 Å². The van der Waals surface area contributed by atoms with Crippen molar-refractivity contribution in [2.45, 2.75) is 19.5 Å². The first kappa shape index (κ1) is 9.45. The number of fused-ring (bicyclic) bond motifs is 1. The largest absolute Gasteiger partial charge is 0.331 e. The number of halogens is 1. The number of carbonyl (C=O) groups is 2. The molecule has 1 unspecified atom stereocenters. The Bertz CT molecular complexity index is 373. The molecule has 2 heterocycles. The molecule has 0 saturated carbocycles. The second kappa shape index (κ2) is 3.24. The van der Waals surface area contributed by atoms with E-state index in [1.807, 2.05) is 13.0 Å². The molecule has 5 heteroatoms. The van der Waals surface area contributed by atoms with Gasteiger partial charge in [-0.3, -0.25) is 14.5 Å². The average Bonchev–Trinajstić information content (AvgIpc) is 2.07. The molecule has 74 valence electrons. The van der Waals surface area contributed by atoms with Gasteiger partial charge >= 0.3 is 0 Å². The van der Waals surface area contributed by atoms with Crippen molar-refractivity contribution in [1.82, 2.24) is 10.2 Å². The van der Waals surface area contributed by atoms with E-state index in [-0.39, 0.29) is 24.4 Å². The van der Waals surface area contributed by atoms with Gasteiger partial charge in [0.2, 0.25) is 11.8 Å². The number of nitrogens with zero attached hydrogens (tertiary/aromatic N) is 1. The Labute approximate surface area is 89.8 Å². The van der Waals surface area contributed by atoms with E-state index < -0.39 is 0 Å². The van der Waals surface area contributed by atoms with E-state index in [0.29, 0.717) is 0 Å². The van der Waals surface area contributed by atoms with Crippen LogP contribution in [-0.4, -0.2) is 22.9 Å². The van der Waals surface area contributed by atoms with Gasteiger partial charge in [0.15, 0.2) is 0 Å². The maximum Gasteiger partial charge on any atom is 0.237 e. The maximum absolute atomic E-state index is 11.5. The number of amides is 2. The van der Waals surface area contributed by atoms with Crippen molar-refractivity contribution >= 4 is 27.7 Å². The molecule has 2 rings (SSSR count). The minimum atomic E-state index is -0.354. The summed E-state index contributed by atoms with van der Waals surface area (Å²) >= 11 is 3.34. The van der Waals surface area contributed by atoms with E-state index in [9.17, 15) is 9.59 Å². The quantitative estimate of drug-likeness (QED) is 0.654. The molecule has 1 atom stereocenters. The Balaban J connectivity index is 2.35. The first-order chi connectivity index (χ1) is 6.58. The third-order valence-corrected chi connectivity index (χ3v) is 2.81. The highest BCUT2D eigenvalue weighted by molar-refractivity contribution is 9.11. The molecule has 0 bridgehead atoms. The SMILES string of the molecule is CC1=CN2C(=O)CC(=O)NC2C(Br)=C1. The minimum absolute atomic E-state index is 0.0689. The van der Waals surface area contributed by atoms with Crippen molar-refractivity contribution in [1.29, 1.82) is 0 Å². The van der Waals surface area contributed by atoms with Gasteiger partial charge in [-0.05, 0) is 18.6 Å². The number of rotatable bonds is 0. The van der Waals surface area contributed by atoms with Crippen molar-refractivity contribution in [3.8, 4) is 0 Å². The molecule has 1 saturated heterocycles. The molecule has 0 aliphatic carbocycles. The molecule has 0 aromatic heterocycles. The van der Waals surface area contributed by atoms with Crippen LogP contribution < -0.4 is 5.32 Å². The van der Waals surface area contributed by atoms with Crippen molar-refractivity contribution in [3.63, 3.8) is 0 Å². The van der Waals surface area contributed by atoms with E-state index in [4.69, 9.17) is 0 Å². The van der Waals surface area contributed by atoms with Gasteiger partial charge in [-0.15, -0.1) is 0 Å². The zero-order valence-electron chi connectivity index (χ0n) is 7.58. The van der Waals surface area contributed by atoms with Crippen LogP contribution in [0.25, 0.3) is 0 Å². The van der Waals surface area contributed by atoms with Crippen molar-refractivity contribution < 1.29 is 9.59 Å². The number of allylic oxidation sites excluding steroid dienone is 2. The minimum Gasteiger partial charge on any atom is -0.331 e. The van der Waals surface area contributed by atoms with E-state index in [1.54, 1.807) is 11.1 Å². The Morgan fingerprint density at radius 3 is 3.00 bits per heavy atom. The fourth-order valence-corrected chi connectivity index (χ4v) is 2.24. The lowest BCUT2D eigenvalue weighted by Gasteiger charge is -2.36. The summed E-state index contributed by atoms with van der Waals surface area (Å²) in [4.78, 5) is 24.2. The summed E-state index contributed by atoms with van der Waals surface area (Å²) in [6.07, 6.45) is 3.21. The van der Waals surface area contributed by atoms with Gasteiger partial charge in [-0.1, -0.05) is 15.9 Å². The van der Waals surface area contributed by atoms with E-state index in [1.165, 1.54) is 0 Å². The summed E-state index contributed by atoms with van der Waals surface area (Å²) in [7, 11) is 0. The molecule has 1 fully saturated rings. The number of hydrogen-bond donors (Lipinski definition) is 1. The molecule has 2 amide bonds. The van der Waals surface area contributed by atoms with Crippen LogP contribution in [0, 0.1) is 0 Å². The second-order valence-electron chi connectivity index (χ2n) is 3.35. The third-order valence-electron chi connectivity index (χ3n) is 2.15. The van der Waals surface area contributed by atoms with Crippen LogP contribution in [0.15, 0.2) is 22.3 Å². The summed E-state index contributed by atoms with van der Waals surface area (Å²) in [5.74, 6) is -0.391. The van der Waals surface area contributed by atoms with Gasteiger partial charge in [0.25, 0.3) is 0 Å². The first-order valence-electron chi connectivity index (χ1n) is 4.24. The molecular formula is C9H9BrN2O2. The first-order valence-corrected chi connectivity index (χ1v) is 5.03. The van der Waals surface area contributed by atoms with E-state index in [0.717, 1.165) is 10.1 Å². The molecule has 0 spiro atoms. The monoisotopic (exact) mass is 256 g/mol. The standard InChI is InChI=1S/C9H9BrN2O2/c1-5-2-6(10)9-11-7(13)3-8(14)12(9)4-5/h2,4,9H,3H2,1H3,(H,11,13). The predicted molar refractivity (Wildman–Crippen MR) is 54.2 cm³/mol. The Morgan fingerprint density at radius 1 is 1.57 bits per heavy atom. The van der Waals surface area contributed by atoms with Crippen molar-refractivity contribution in [2.24, 2.45) is 0 Å². The highest BCUT2D eigenvalue weighted by Crippen LogP contribution is 2.26. The fourth-order valence-electron chi connectivity index (χ4n) is 1.55. The topological polar surface area (TPSA) is 49.4 Å². The summed E-state index contributed by atoms with van der Waals surface area (Å²) in [6, 6.07) is 0. The summed E-state index contributed by atoms with van der Waals surface area (Å²) in [5, 5.41) is 2.73. The lowest BCUT2D eigenvalue weighted by atomic mass is 10.1. The summed E-state index contributed by atoms with van der Waals surface area (Å²) in [5.41, 5.74) is 0.984. The lowest BCUT2D eigenvalue weighted by molar-refractivity contribution is -0.141.